The first-order valence-corrected chi connectivity index (χ1v) is 8.46. The summed E-state index contributed by atoms with van der Waals surface area (Å²) in [5.41, 5.74) is 2.88. The molecule has 4 nitrogen and oxygen atoms in total. The van der Waals surface area contributed by atoms with Crippen LogP contribution in [-0.4, -0.2) is 42.9 Å². The Kier molecular flexibility index (Phi) is 1.92. The van der Waals surface area contributed by atoms with E-state index < -0.39 is 0 Å². The van der Waals surface area contributed by atoms with Crippen LogP contribution in [0.2, 0.25) is 0 Å². The molecule has 0 amide bonds. The van der Waals surface area contributed by atoms with Crippen molar-refractivity contribution in [3.63, 3.8) is 0 Å². The van der Waals surface area contributed by atoms with Gasteiger partial charge in [-0.05, 0) is 44.4 Å². The van der Waals surface area contributed by atoms with Gasteiger partial charge in [0.2, 0.25) is 0 Å². The van der Waals surface area contributed by atoms with Gasteiger partial charge >= 0.3 is 0 Å². The maximum absolute atomic E-state index is 6.67. The van der Waals surface area contributed by atoms with E-state index in [4.69, 9.17) is 14.2 Å². The molecule has 0 radical (unpaired) electrons. The van der Waals surface area contributed by atoms with Crippen molar-refractivity contribution in [1.82, 2.24) is 4.90 Å². The van der Waals surface area contributed by atoms with Gasteiger partial charge in [-0.3, -0.25) is 4.90 Å². The molecule has 2 spiro atoms. The number of methoxy groups -OCH3 is 1. The summed E-state index contributed by atoms with van der Waals surface area (Å²) in [6, 6.07) is 4.85. The second kappa shape index (κ2) is 3.46. The lowest BCUT2D eigenvalue weighted by Gasteiger charge is -2.41. The quantitative estimate of drug-likeness (QED) is 0.796. The number of likely N-dealkylation sites (N-methyl/N-ethyl adjacent to an activating group) is 1. The number of fused-ring (bicyclic) bond motifs is 2. The summed E-state index contributed by atoms with van der Waals surface area (Å²) in [4.78, 5) is 2.53. The van der Waals surface area contributed by atoms with Gasteiger partial charge in [0.15, 0.2) is 11.5 Å². The number of hydrogen-bond acceptors (Lipinski definition) is 4. The summed E-state index contributed by atoms with van der Waals surface area (Å²) in [5, 5.41) is 0. The summed E-state index contributed by atoms with van der Waals surface area (Å²) < 4.78 is 18.8. The topological polar surface area (TPSA) is 30.9 Å². The highest BCUT2D eigenvalue weighted by molar-refractivity contribution is 5.63. The molecular formula is C18H21NO3. The molecule has 1 unspecified atom stereocenters. The SMILES string of the molecule is COc1ccc2c3c1OC1[C@@H]4CC[C@]5(O4)[C@H](CC[C@@]315)N(C)C2. The standard InChI is InChI=1S/C18H21NO3/c1-19-9-10-3-4-11(20-2)15-14(10)17-7-6-13(19)18(17)8-5-12(22-18)16(17)21-15/h3-4,12-13,16H,5-9H2,1-2H3/t12-,13-,16?,17+,18-/m0/s1. The third-order valence-corrected chi connectivity index (χ3v) is 7.16. The second-order valence-corrected chi connectivity index (χ2v) is 7.69. The predicted octanol–water partition coefficient (Wildman–Crippen LogP) is 2.23. The van der Waals surface area contributed by atoms with Crippen molar-refractivity contribution in [3.8, 4) is 11.5 Å². The summed E-state index contributed by atoms with van der Waals surface area (Å²) in [7, 11) is 4.01. The highest BCUT2D eigenvalue weighted by Crippen LogP contribution is 2.72. The zero-order valence-corrected chi connectivity index (χ0v) is 13.1. The van der Waals surface area contributed by atoms with Crippen molar-refractivity contribution in [2.24, 2.45) is 0 Å². The van der Waals surface area contributed by atoms with Gasteiger partial charge in [-0.2, -0.15) is 0 Å². The molecule has 6 rings (SSSR count). The van der Waals surface area contributed by atoms with Crippen LogP contribution in [0, 0.1) is 0 Å². The zero-order chi connectivity index (χ0) is 14.7. The fourth-order valence-electron chi connectivity index (χ4n) is 6.58. The number of benzene rings is 1. The highest BCUT2D eigenvalue weighted by atomic mass is 16.6. The van der Waals surface area contributed by atoms with Crippen LogP contribution >= 0.6 is 0 Å². The van der Waals surface area contributed by atoms with Crippen molar-refractivity contribution >= 4 is 0 Å². The first-order valence-electron chi connectivity index (χ1n) is 8.46. The van der Waals surface area contributed by atoms with Crippen LogP contribution in [-0.2, 0) is 16.7 Å². The van der Waals surface area contributed by atoms with Gasteiger partial charge in [-0.1, -0.05) is 6.07 Å². The van der Waals surface area contributed by atoms with Crippen LogP contribution in [0.1, 0.15) is 36.8 Å². The number of nitrogens with zero attached hydrogens (tertiary/aromatic N) is 1. The van der Waals surface area contributed by atoms with Gasteiger partial charge in [0.25, 0.3) is 0 Å². The van der Waals surface area contributed by atoms with Crippen LogP contribution in [0.3, 0.4) is 0 Å². The summed E-state index contributed by atoms with van der Waals surface area (Å²) in [6.45, 7) is 0.991. The molecular weight excluding hydrogens is 278 g/mol. The third kappa shape index (κ3) is 0.976. The Labute approximate surface area is 130 Å². The fraction of sp³-hybridized carbons (Fsp3) is 0.667. The molecule has 0 N–H and O–H groups in total. The Morgan fingerprint density at radius 1 is 1.27 bits per heavy atom. The number of ether oxygens (including phenoxy) is 3. The van der Waals surface area contributed by atoms with E-state index in [1.165, 1.54) is 30.4 Å². The normalized spacial score (nSPS) is 46.5. The minimum atomic E-state index is -0.0278. The number of hydrogen-bond donors (Lipinski definition) is 0. The van der Waals surface area contributed by atoms with E-state index in [9.17, 15) is 0 Å². The summed E-state index contributed by atoms with van der Waals surface area (Å²) in [5.74, 6) is 1.91. The molecule has 4 heteroatoms. The Bertz CT molecular complexity index is 704. The molecule has 4 heterocycles. The van der Waals surface area contributed by atoms with E-state index in [1.807, 2.05) is 0 Å². The first kappa shape index (κ1) is 12.2. The average molecular weight is 299 g/mol. The Morgan fingerprint density at radius 2 is 2.18 bits per heavy atom. The Balaban J connectivity index is 1.73. The van der Waals surface area contributed by atoms with E-state index in [-0.39, 0.29) is 23.2 Å². The number of rotatable bonds is 1. The molecule has 1 saturated carbocycles. The molecule has 5 atom stereocenters. The molecule has 116 valence electrons. The molecule has 5 aliphatic rings. The lowest BCUT2D eigenvalue weighted by molar-refractivity contribution is -0.0538. The van der Waals surface area contributed by atoms with Gasteiger partial charge in [0.1, 0.15) is 6.10 Å². The van der Waals surface area contributed by atoms with Crippen molar-refractivity contribution in [2.45, 2.75) is 61.5 Å². The van der Waals surface area contributed by atoms with Gasteiger partial charge in [-0.25, -0.2) is 0 Å². The van der Waals surface area contributed by atoms with Crippen molar-refractivity contribution in [3.05, 3.63) is 23.3 Å². The molecule has 1 aliphatic carbocycles. The smallest absolute Gasteiger partial charge is 0.166 e. The van der Waals surface area contributed by atoms with E-state index in [0.717, 1.165) is 24.5 Å². The first-order chi connectivity index (χ1) is 10.7. The van der Waals surface area contributed by atoms with Crippen LogP contribution in [0.4, 0.5) is 0 Å². The lowest BCUT2D eigenvalue weighted by Crippen LogP contribution is -2.56. The minimum Gasteiger partial charge on any atom is -0.493 e. The molecule has 1 aromatic carbocycles. The summed E-state index contributed by atoms with van der Waals surface area (Å²) >= 11 is 0. The Morgan fingerprint density at radius 3 is 3.05 bits per heavy atom. The van der Waals surface area contributed by atoms with Gasteiger partial charge in [0.05, 0.1) is 24.2 Å². The van der Waals surface area contributed by atoms with Crippen LogP contribution < -0.4 is 9.47 Å². The van der Waals surface area contributed by atoms with E-state index in [2.05, 4.69) is 24.1 Å². The van der Waals surface area contributed by atoms with Crippen molar-refractivity contribution in [2.75, 3.05) is 14.2 Å². The molecule has 3 fully saturated rings. The van der Waals surface area contributed by atoms with Gasteiger partial charge < -0.3 is 14.2 Å². The van der Waals surface area contributed by atoms with Gasteiger partial charge in [-0.15, -0.1) is 0 Å². The van der Waals surface area contributed by atoms with E-state index >= 15 is 0 Å². The third-order valence-electron chi connectivity index (χ3n) is 7.16. The maximum atomic E-state index is 6.67. The average Bonchev–Trinajstić information content (AvgIpc) is 3.19. The van der Waals surface area contributed by atoms with Crippen LogP contribution in [0.5, 0.6) is 11.5 Å². The molecule has 4 aliphatic heterocycles. The Hall–Kier alpha value is -1.26. The maximum Gasteiger partial charge on any atom is 0.166 e. The minimum absolute atomic E-state index is 0.0278. The highest BCUT2D eigenvalue weighted by Gasteiger charge is 2.79. The van der Waals surface area contributed by atoms with Crippen LogP contribution in [0.25, 0.3) is 0 Å². The monoisotopic (exact) mass is 299 g/mol. The second-order valence-electron chi connectivity index (χ2n) is 7.69. The van der Waals surface area contributed by atoms with Crippen LogP contribution in [0.15, 0.2) is 12.1 Å². The van der Waals surface area contributed by atoms with Crippen molar-refractivity contribution in [1.29, 1.82) is 0 Å². The van der Waals surface area contributed by atoms with E-state index in [1.54, 1.807) is 7.11 Å². The molecule has 22 heavy (non-hydrogen) atoms. The summed E-state index contributed by atoms with van der Waals surface area (Å²) in [6.07, 6.45) is 5.20. The molecule has 2 saturated heterocycles. The largest absolute Gasteiger partial charge is 0.493 e. The molecule has 4 bridgehead atoms. The lowest BCUT2D eigenvalue weighted by atomic mass is 9.62. The zero-order valence-electron chi connectivity index (χ0n) is 13.1. The van der Waals surface area contributed by atoms with Crippen molar-refractivity contribution < 1.29 is 14.2 Å². The predicted molar refractivity (Wildman–Crippen MR) is 80.4 cm³/mol. The molecule has 0 aromatic heterocycles. The molecule has 1 aromatic rings. The van der Waals surface area contributed by atoms with E-state index in [0.29, 0.717) is 6.04 Å². The fourth-order valence-corrected chi connectivity index (χ4v) is 6.58. The van der Waals surface area contributed by atoms with Gasteiger partial charge in [0, 0.05) is 18.2 Å².